The van der Waals surface area contributed by atoms with Gasteiger partial charge in [0.1, 0.15) is 40.7 Å². The SMILES string of the molecule is COc1cc2cc(c1Cl)N(C)C(=O)C[C@H](OC(=O)[C@H](C)N(C)C(=O)CCC(C)(C)SSCCC(C(=O)ON1C(=O)CCC1=O)S(=O)(=O)O)C1(C)O[C@H]1[C@H](C)[C@@H]1C[C@@](O)(NC(=O)O1)[C@H](OC)/C=C/C=C(\C)C2. The Bertz CT molecular complexity index is 2410. The van der Waals surface area contributed by atoms with Crippen molar-refractivity contribution in [1.29, 1.82) is 0 Å². The van der Waals surface area contributed by atoms with Crippen molar-refractivity contribution in [3.63, 3.8) is 0 Å². The number of nitrogens with one attached hydrogen (secondary N) is 1. The van der Waals surface area contributed by atoms with E-state index in [9.17, 15) is 51.6 Å². The first kappa shape index (κ1) is 57.5. The number of benzene rings is 1. The van der Waals surface area contributed by atoms with E-state index >= 15 is 0 Å². The number of ether oxygens (including phenoxy) is 5. The Kier molecular flexibility index (Phi) is 18.8. The molecule has 0 aliphatic carbocycles. The smallest absolute Gasteiger partial charge is 0.409 e. The number of aliphatic hydroxyl groups is 1. The number of carbonyl (C=O) groups is 7. The van der Waals surface area contributed by atoms with Crippen LogP contribution in [-0.2, 0) is 69.1 Å². The summed E-state index contributed by atoms with van der Waals surface area (Å²) in [6.45, 7) is 10.4. The van der Waals surface area contributed by atoms with E-state index in [-0.39, 0.29) is 47.9 Å². The fourth-order valence-corrected chi connectivity index (χ4v) is 12.2. The van der Waals surface area contributed by atoms with E-state index in [1.165, 1.54) is 55.8 Å². The van der Waals surface area contributed by atoms with Gasteiger partial charge in [0.05, 0.1) is 25.3 Å². The molecule has 9 atom stereocenters. The first-order valence-corrected chi connectivity index (χ1v) is 26.9. The van der Waals surface area contributed by atoms with E-state index in [0.717, 1.165) is 21.9 Å². The lowest BCUT2D eigenvalue weighted by Crippen LogP contribution is -2.63. The zero-order chi connectivity index (χ0) is 53.0. The van der Waals surface area contributed by atoms with Crippen LogP contribution in [0, 0.1) is 5.92 Å². The lowest BCUT2D eigenvalue weighted by Gasteiger charge is -2.42. The lowest BCUT2D eigenvalue weighted by atomic mass is 9.83. The quantitative estimate of drug-likeness (QED) is 0.0505. The van der Waals surface area contributed by atoms with Gasteiger partial charge >= 0.3 is 18.0 Å². The second-order valence-electron chi connectivity index (χ2n) is 18.9. The van der Waals surface area contributed by atoms with Gasteiger partial charge in [-0.15, -0.1) is 5.06 Å². The van der Waals surface area contributed by atoms with Crippen molar-refractivity contribution in [3.05, 3.63) is 46.5 Å². The van der Waals surface area contributed by atoms with Crippen molar-refractivity contribution < 1.29 is 80.2 Å². The summed E-state index contributed by atoms with van der Waals surface area (Å²) in [7, 11) is 3.28. The number of esters is 1. The highest BCUT2D eigenvalue weighted by Gasteiger charge is 2.64. The average Bonchev–Trinajstić information content (AvgIpc) is 3.90. The number of fused-ring (bicyclic) bond motifs is 5. The first-order valence-electron chi connectivity index (χ1n) is 22.7. The van der Waals surface area contributed by atoms with Crippen LogP contribution in [0.2, 0.25) is 5.02 Å². The first-order chi connectivity index (χ1) is 33.0. The van der Waals surface area contributed by atoms with Crippen LogP contribution in [0.4, 0.5) is 10.5 Å². The Balaban J connectivity index is 1.29. The molecule has 0 saturated carbocycles. The molecule has 394 valence electrons. The molecule has 71 heavy (non-hydrogen) atoms. The van der Waals surface area contributed by atoms with Crippen molar-refractivity contribution in [3.8, 4) is 5.75 Å². The zero-order valence-electron chi connectivity index (χ0n) is 41.3. The van der Waals surface area contributed by atoms with Gasteiger partial charge in [0.25, 0.3) is 21.9 Å². The van der Waals surface area contributed by atoms with Gasteiger partial charge in [-0.3, -0.25) is 29.0 Å². The summed E-state index contributed by atoms with van der Waals surface area (Å²) in [5, 5.41) is 12.6. The Morgan fingerprint density at radius 1 is 1.10 bits per heavy atom. The second kappa shape index (κ2) is 23.2. The topological polar surface area (TPSA) is 275 Å². The number of carbonyl (C=O) groups excluding carboxylic acids is 7. The standard InChI is InChI=1S/C46H63ClN4O17S3/c1-25-12-11-13-33(64-10)46(59)24-31(65-43(58)48-46)26(2)40-45(6,67-40)34(23-38(55)50(8)29-21-28(20-25)22-30(63-9)39(29)47)66-41(56)27(3)49(7)35(52)16-18-44(4,5)70-69-19-17-32(71(60,61)62)42(57)68-51-36(53)14-15-37(51)54/h11-13,21-22,26-27,31-34,40,59H,14-20,23-24H2,1-10H3,(H,48,58)(H,60,61,62)/b13-11+,25-12+/t26-,27+,31+,32?,33-,34+,40+,45?,46+/m1/s1. The largest absolute Gasteiger partial charge is 0.495 e. The summed E-state index contributed by atoms with van der Waals surface area (Å²) >= 11 is 6.80. The van der Waals surface area contributed by atoms with E-state index in [1.54, 1.807) is 38.1 Å². The molecule has 4 bridgehead atoms. The molecule has 3 N–H and O–H groups in total. The number of allylic oxidation sites excluding steroid dienone is 3. The van der Waals surface area contributed by atoms with Crippen molar-refractivity contribution >= 4 is 90.7 Å². The molecule has 3 saturated heterocycles. The fourth-order valence-electron chi connectivity index (χ4n) is 8.40. The number of alkyl carbamates (subject to hydrolysis) is 1. The lowest BCUT2D eigenvalue weighted by molar-refractivity contribution is -0.197. The van der Waals surface area contributed by atoms with Gasteiger partial charge < -0.3 is 43.4 Å². The minimum Gasteiger partial charge on any atom is -0.495 e. The molecule has 0 spiro atoms. The fraction of sp³-hybridized carbons (Fsp3) is 0.630. The Labute approximate surface area is 426 Å². The molecule has 4 aliphatic heterocycles. The molecule has 4 aliphatic rings. The maximum atomic E-state index is 14.3. The number of nitrogens with zero attached hydrogens (tertiary/aromatic N) is 3. The zero-order valence-corrected chi connectivity index (χ0v) is 44.5. The third-order valence-electron chi connectivity index (χ3n) is 13.0. The number of rotatable bonds is 16. The molecular formula is C46H63ClN4O17S3. The van der Waals surface area contributed by atoms with Gasteiger partial charge in [0.2, 0.25) is 11.8 Å². The summed E-state index contributed by atoms with van der Waals surface area (Å²) in [4.78, 5) is 98.6. The van der Waals surface area contributed by atoms with Crippen LogP contribution < -0.4 is 15.0 Å². The molecule has 1 aromatic carbocycles. The highest BCUT2D eigenvalue weighted by molar-refractivity contribution is 8.77. The number of hydrogen-bond acceptors (Lipinski definition) is 18. The molecule has 1 aromatic rings. The molecule has 4 heterocycles. The molecule has 5 rings (SSSR count). The number of likely N-dealkylation sites (N-methyl/N-ethyl adjacent to an activating group) is 1. The number of methoxy groups -OCH3 is 2. The Morgan fingerprint density at radius 2 is 1.76 bits per heavy atom. The molecule has 21 nitrogen and oxygen atoms in total. The van der Waals surface area contributed by atoms with Gasteiger partial charge in [-0.05, 0) is 71.6 Å². The Morgan fingerprint density at radius 3 is 2.38 bits per heavy atom. The summed E-state index contributed by atoms with van der Waals surface area (Å²) in [5.74, 6) is -5.17. The van der Waals surface area contributed by atoms with Gasteiger partial charge in [-0.1, -0.05) is 63.9 Å². The second-order valence-corrected chi connectivity index (χ2v) is 24.0. The minimum atomic E-state index is -4.97. The number of amides is 5. The predicted molar refractivity (Wildman–Crippen MR) is 261 cm³/mol. The average molecular weight is 1080 g/mol. The number of hydroxylamine groups is 2. The van der Waals surface area contributed by atoms with Crippen molar-refractivity contribution in [2.45, 2.75) is 145 Å². The van der Waals surface area contributed by atoms with E-state index < -0.39 is 122 Å². The van der Waals surface area contributed by atoms with E-state index in [4.69, 9.17) is 40.1 Å². The van der Waals surface area contributed by atoms with Crippen LogP contribution in [0.5, 0.6) is 5.75 Å². The van der Waals surface area contributed by atoms with Crippen LogP contribution in [0.3, 0.4) is 0 Å². The van der Waals surface area contributed by atoms with Gasteiger partial charge in [-0.2, -0.15) is 8.42 Å². The molecular weight excluding hydrogens is 1010 g/mol. The van der Waals surface area contributed by atoms with Gasteiger partial charge in [-0.25, -0.2) is 14.4 Å². The number of hydrogen-bond donors (Lipinski definition) is 3. The highest BCUT2D eigenvalue weighted by atomic mass is 35.5. The molecule has 0 aromatic heterocycles. The van der Waals surface area contributed by atoms with Crippen molar-refractivity contribution in [1.82, 2.24) is 15.3 Å². The summed E-state index contributed by atoms with van der Waals surface area (Å²) in [6.07, 6.45) is -0.390. The van der Waals surface area contributed by atoms with Crippen LogP contribution in [0.15, 0.2) is 35.9 Å². The highest BCUT2D eigenvalue weighted by Crippen LogP contribution is 2.49. The molecule has 25 heteroatoms. The number of anilines is 1. The normalized spacial score (nSPS) is 28.4. The molecule has 5 amide bonds. The van der Waals surface area contributed by atoms with Crippen molar-refractivity contribution in [2.75, 3.05) is 39.0 Å². The van der Waals surface area contributed by atoms with Crippen LogP contribution in [0.25, 0.3) is 0 Å². The van der Waals surface area contributed by atoms with Crippen LogP contribution >= 0.6 is 33.2 Å². The van der Waals surface area contributed by atoms with E-state index in [0.29, 0.717) is 17.9 Å². The predicted octanol–water partition coefficient (Wildman–Crippen LogP) is 4.71. The summed E-state index contributed by atoms with van der Waals surface area (Å²) in [5.41, 5.74) is -1.27. The molecule has 2 unspecified atom stereocenters. The van der Waals surface area contributed by atoms with Crippen LogP contribution in [-0.4, -0.2) is 156 Å². The number of halogens is 1. The Hall–Kier alpha value is -4.43. The maximum Gasteiger partial charge on any atom is 0.409 e. The van der Waals surface area contributed by atoms with Gasteiger partial charge in [0.15, 0.2) is 11.0 Å². The van der Waals surface area contributed by atoms with E-state index in [1.807, 2.05) is 26.8 Å². The summed E-state index contributed by atoms with van der Waals surface area (Å²) < 4.78 is 62.5. The summed E-state index contributed by atoms with van der Waals surface area (Å²) in [6, 6.07) is 2.34. The minimum absolute atomic E-state index is 0.00994. The molecule has 0 radical (unpaired) electrons. The third-order valence-corrected chi connectivity index (χ3v) is 17.9. The van der Waals surface area contributed by atoms with Gasteiger partial charge in [0, 0.05) is 63.3 Å². The van der Waals surface area contributed by atoms with Crippen LogP contribution in [0.1, 0.15) is 92.1 Å². The third kappa shape index (κ3) is 14.0. The number of imide groups is 1. The van der Waals surface area contributed by atoms with Crippen molar-refractivity contribution in [2.24, 2.45) is 5.92 Å². The monoisotopic (exact) mass is 1070 g/mol. The van der Waals surface area contributed by atoms with E-state index in [2.05, 4.69) is 5.32 Å². The maximum absolute atomic E-state index is 14.3. The number of epoxide rings is 1. The molecule has 3 fully saturated rings.